The van der Waals surface area contributed by atoms with Gasteiger partial charge in [-0.2, -0.15) is 0 Å². The Morgan fingerprint density at radius 1 is 1.22 bits per heavy atom. The molecule has 0 fully saturated rings. The Bertz CT molecular complexity index is 1030. The fourth-order valence-electron chi connectivity index (χ4n) is 4.30. The van der Waals surface area contributed by atoms with Crippen molar-refractivity contribution in [3.63, 3.8) is 0 Å². The van der Waals surface area contributed by atoms with Gasteiger partial charge in [-0.3, -0.25) is 15.0 Å². The minimum Gasteiger partial charge on any atom is -0.423 e. The summed E-state index contributed by atoms with van der Waals surface area (Å²) in [6.07, 6.45) is 0.590. The third-order valence-corrected chi connectivity index (χ3v) is 5.78. The molecule has 1 unspecified atom stereocenters. The highest BCUT2D eigenvalue weighted by Crippen LogP contribution is 2.28. The maximum absolute atomic E-state index is 15.0. The highest BCUT2D eigenvalue weighted by molar-refractivity contribution is 6.61. The number of rotatable bonds is 4. The zero-order valence-electron chi connectivity index (χ0n) is 19.5. The van der Waals surface area contributed by atoms with E-state index in [1.54, 1.807) is 12.1 Å². The predicted octanol–water partition coefficient (Wildman–Crippen LogP) is 3.27. The number of aryl methyl sites for hydroxylation is 2. The Morgan fingerprint density at radius 3 is 2.41 bits per heavy atom. The van der Waals surface area contributed by atoms with Crippen LogP contribution in [0, 0.1) is 25.1 Å². The van der Waals surface area contributed by atoms with Crippen LogP contribution < -0.4 is 10.9 Å². The zero-order chi connectivity index (χ0) is 23.8. The lowest BCUT2D eigenvalue weighted by molar-refractivity contribution is 0.0283. The first-order chi connectivity index (χ1) is 14.9. The summed E-state index contributed by atoms with van der Waals surface area (Å²) in [5, 5.41) is 11.1. The molecule has 0 spiro atoms. The van der Waals surface area contributed by atoms with Crippen molar-refractivity contribution in [2.75, 3.05) is 0 Å². The number of halogens is 1. The van der Waals surface area contributed by atoms with Crippen LogP contribution >= 0.6 is 0 Å². The molecule has 2 amide bonds. The van der Waals surface area contributed by atoms with Crippen molar-refractivity contribution in [3.05, 3.63) is 64.0 Å². The molecule has 0 saturated carbocycles. The van der Waals surface area contributed by atoms with E-state index in [0.29, 0.717) is 17.4 Å². The van der Waals surface area contributed by atoms with Crippen LogP contribution in [0.2, 0.25) is 0 Å². The smallest absolute Gasteiger partial charge is 0.423 e. The van der Waals surface area contributed by atoms with E-state index in [2.05, 4.69) is 5.43 Å². The summed E-state index contributed by atoms with van der Waals surface area (Å²) in [6.45, 7) is 11.6. The van der Waals surface area contributed by atoms with Gasteiger partial charge in [-0.05, 0) is 49.3 Å². The summed E-state index contributed by atoms with van der Waals surface area (Å²) >= 11 is 0. The first-order valence-corrected chi connectivity index (χ1v) is 10.8. The lowest BCUT2D eigenvalue weighted by atomic mass is 9.79. The molecule has 170 valence electrons. The lowest BCUT2D eigenvalue weighted by Crippen LogP contribution is -2.56. The number of nitrogens with zero attached hydrogens (tertiary/aromatic N) is 1. The van der Waals surface area contributed by atoms with Crippen molar-refractivity contribution < 1.29 is 23.7 Å². The maximum atomic E-state index is 15.0. The van der Waals surface area contributed by atoms with Crippen LogP contribution in [0.4, 0.5) is 4.39 Å². The number of carbonyl (C=O) groups is 2. The second-order valence-electron chi connectivity index (χ2n) is 9.44. The second kappa shape index (κ2) is 9.04. The van der Waals surface area contributed by atoms with Gasteiger partial charge in [0.05, 0.1) is 18.2 Å². The van der Waals surface area contributed by atoms with Crippen LogP contribution in [-0.4, -0.2) is 35.0 Å². The van der Waals surface area contributed by atoms with Crippen LogP contribution in [0.3, 0.4) is 0 Å². The molecule has 1 atom stereocenters. The predicted molar refractivity (Wildman–Crippen MR) is 122 cm³/mol. The molecular formula is C24H30BFN2O4. The van der Waals surface area contributed by atoms with E-state index in [1.807, 2.05) is 47.6 Å². The highest BCUT2D eigenvalue weighted by atomic mass is 19.1. The van der Waals surface area contributed by atoms with E-state index in [4.69, 9.17) is 4.65 Å². The van der Waals surface area contributed by atoms with Gasteiger partial charge in [-0.25, -0.2) is 9.40 Å². The summed E-state index contributed by atoms with van der Waals surface area (Å²) in [7, 11) is -1.20. The molecule has 2 aromatic carbocycles. The highest BCUT2D eigenvalue weighted by Gasteiger charge is 2.36. The fourth-order valence-corrected chi connectivity index (χ4v) is 4.30. The lowest BCUT2D eigenvalue weighted by Gasteiger charge is -2.39. The van der Waals surface area contributed by atoms with Crippen LogP contribution in [-0.2, 0) is 11.3 Å². The molecule has 0 aliphatic carbocycles. The Balaban J connectivity index is 1.99. The third-order valence-electron chi connectivity index (χ3n) is 5.78. The molecule has 1 aliphatic rings. The number of fused-ring (bicyclic) bond motifs is 1. The van der Waals surface area contributed by atoms with Crippen molar-refractivity contribution in [2.24, 2.45) is 5.41 Å². The summed E-state index contributed by atoms with van der Waals surface area (Å²) in [6, 6.07) is 7.97. The Morgan fingerprint density at radius 2 is 1.84 bits per heavy atom. The normalized spacial score (nSPS) is 14.2. The largest absolute Gasteiger partial charge is 0.491 e. The Labute approximate surface area is 188 Å². The van der Waals surface area contributed by atoms with Gasteiger partial charge in [-0.15, -0.1) is 0 Å². The van der Waals surface area contributed by atoms with Crippen LogP contribution in [0.1, 0.15) is 71.5 Å². The van der Waals surface area contributed by atoms with E-state index in [-0.39, 0.29) is 35.1 Å². The third kappa shape index (κ3) is 4.71. The molecule has 3 rings (SSSR count). The van der Waals surface area contributed by atoms with Crippen molar-refractivity contribution >= 4 is 24.4 Å². The first kappa shape index (κ1) is 23.9. The summed E-state index contributed by atoms with van der Waals surface area (Å²) < 4.78 is 20.1. The van der Waals surface area contributed by atoms with Gasteiger partial charge in [0.25, 0.3) is 11.8 Å². The fraction of sp³-hybridized carbons (Fsp3) is 0.417. The van der Waals surface area contributed by atoms with Gasteiger partial charge in [0.2, 0.25) is 0 Å². The molecule has 1 aliphatic heterocycles. The average molecular weight is 440 g/mol. The van der Waals surface area contributed by atoms with Crippen molar-refractivity contribution in [3.8, 4) is 0 Å². The number of amides is 2. The molecule has 0 bridgehead atoms. The molecule has 32 heavy (non-hydrogen) atoms. The van der Waals surface area contributed by atoms with E-state index in [1.165, 1.54) is 17.1 Å². The van der Waals surface area contributed by atoms with Gasteiger partial charge < -0.3 is 9.68 Å². The number of nitrogens with one attached hydrogen (secondary N) is 1. The minimum absolute atomic E-state index is 0.117. The molecule has 0 saturated heterocycles. The maximum Gasteiger partial charge on any atom is 0.491 e. The SMILES string of the molecule is CCC(N(NC(=O)c1ccc2c(c1F)COB2O)C(=O)c1cc(C)cc(C)c1)C(C)(C)C. The molecule has 6 nitrogen and oxygen atoms in total. The Kier molecular flexibility index (Phi) is 6.76. The number of carbonyl (C=O) groups excluding carboxylic acids is 2. The monoisotopic (exact) mass is 440 g/mol. The van der Waals surface area contributed by atoms with Crippen molar-refractivity contribution in [1.82, 2.24) is 10.4 Å². The van der Waals surface area contributed by atoms with Gasteiger partial charge >= 0.3 is 7.12 Å². The van der Waals surface area contributed by atoms with Crippen LogP contribution in [0.25, 0.3) is 0 Å². The van der Waals surface area contributed by atoms with Crippen LogP contribution in [0.15, 0.2) is 30.3 Å². The summed E-state index contributed by atoms with van der Waals surface area (Å²) in [5.41, 5.74) is 4.92. The summed E-state index contributed by atoms with van der Waals surface area (Å²) in [4.78, 5) is 26.7. The van der Waals surface area contributed by atoms with Gasteiger partial charge in [0.15, 0.2) is 0 Å². The zero-order valence-corrected chi connectivity index (χ0v) is 19.5. The van der Waals surface area contributed by atoms with E-state index in [0.717, 1.165) is 11.1 Å². The topological polar surface area (TPSA) is 78.9 Å². The number of benzene rings is 2. The molecule has 8 heteroatoms. The van der Waals surface area contributed by atoms with E-state index in [9.17, 15) is 14.6 Å². The number of hydrazine groups is 1. The Hall–Kier alpha value is -2.71. The minimum atomic E-state index is -1.20. The second-order valence-corrected chi connectivity index (χ2v) is 9.44. The molecule has 2 N–H and O–H groups in total. The molecule has 2 aromatic rings. The van der Waals surface area contributed by atoms with Gasteiger partial charge in [0.1, 0.15) is 5.82 Å². The van der Waals surface area contributed by atoms with Gasteiger partial charge in [0, 0.05) is 11.1 Å². The quantitative estimate of drug-likeness (QED) is 0.565. The van der Waals surface area contributed by atoms with Crippen molar-refractivity contribution in [1.29, 1.82) is 0 Å². The molecular weight excluding hydrogens is 410 g/mol. The number of hydrogen-bond acceptors (Lipinski definition) is 4. The van der Waals surface area contributed by atoms with Crippen LogP contribution in [0.5, 0.6) is 0 Å². The first-order valence-electron chi connectivity index (χ1n) is 10.8. The number of hydrogen-bond donors (Lipinski definition) is 2. The molecule has 0 aromatic heterocycles. The average Bonchev–Trinajstić information content (AvgIpc) is 3.07. The van der Waals surface area contributed by atoms with E-state index < -0.39 is 18.8 Å². The molecule has 1 heterocycles. The standard InChI is InChI=1S/C24H30BFN2O4/c1-7-20(24(4,5)6)28(23(30)16-11-14(2)10-15(3)12-16)27-22(29)17-8-9-19-18(21(17)26)13-32-25(19)31/h8-12,20,31H,7,13H2,1-6H3,(H,27,29). The van der Waals surface area contributed by atoms with E-state index >= 15 is 4.39 Å². The summed E-state index contributed by atoms with van der Waals surface area (Å²) in [5.74, 6) is -1.83. The van der Waals surface area contributed by atoms with Crippen molar-refractivity contribution in [2.45, 2.75) is 60.6 Å². The van der Waals surface area contributed by atoms with Gasteiger partial charge in [-0.1, -0.05) is 51.0 Å². The molecule has 0 radical (unpaired) electrons.